The van der Waals surface area contributed by atoms with Gasteiger partial charge in [-0.05, 0) is 5.41 Å². The van der Waals surface area contributed by atoms with Crippen LogP contribution in [-0.4, -0.2) is 159 Å². The van der Waals surface area contributed by atoms with Crippen LogP contribution in [-0.2, 0) is 109 Å². The van der Waals surface area contributed by atoms with Gasteiger partial charge in [-0.25, -0.2) is 0 Å². The summed E-state index contributed by atoms with van der Waals surface area (Å²) in [5.41, 5.74) is -1.00. The highest BCUT2D eigenvalue weighted by molar-refractivity contribution is 5.70. The van der Waals surface area contributed by atoms with Crippen LogP contribution in [0.4, 0.5) is 0 Å². The van der Waals surface area contributed by atoms with Crippen molar-refractivity contribution in [2.24, 2.45) is 11.3 Å². The van der Waals surface area contributed by atoms with Gasteiger partial charge in [0.2, 0.25) is 0 Å². The lowest BCUT2D eigenvalue weighted by Crippen LogP contribution is -2.69. The van der Waals surface area contributed by atoms with Crippen molar-refractivity contribution in [3.63, 3.8) is 0 Å². The molecule has 3 aliphatic rings. The molecule has 3 rings (SSSR count). The number of esters is 9. The molecule has 0 unspecified atom stereocenters. The van der Waals surface area contributed by atoms with Gasteiger partial charge in [0.25, 0.3) is 0 Å². The molecule has 0 bridgehead atoms. The van der Waals surface area contributed by atoms with Gasteiger partial charge in [-0.15, -0.1) is 0 Å². The molecule has 0 spiro atoms. The highest BCUT2D eigenvalue weighted by Crippen LogP contribution is 2.42. The molecule has 0 aromatic carbocycles. The second-order valence-electron chi connectivity index (χ2n) is 16.5. The molecule has 23 nitrogen and oxygen atoms in total. The number of ether oxygens (including phenoxy) is 14. The van der Waals surface area contributed by atoms with Crippen LogP contribution in [0.25, 0.3) is 0 Å². The summed E-state index contributed by atoms with van der Waals surface area (Å²) < 4.78 is 82.3. The van der Waals surface area contributed by atoms with Crippen molar-refractivity contribution in [2.45, 2.75) is 176 Å². The van der Waals surface area contributed by atoms with Crippen LogP contribution in [0.3, 0.4) is 0 Å². The van der Waals surface area contributed by atoms with Crippen LogP contribution in [0.1, 0.15) is 90.0 Å². The lowest BCUT2D eigenvalue weighted by atomic mass is 9.79. The lowest BCUT2D eigenvalue weighted by molar-refractivity contribution is -0.375. The first kappa shape index (κ1) is 53.4. The molecule has 0 saturated carbocycles. The third-order valence-electron chi connectivity index (χ3n) is 9.83. The van der Waals surface area contributed by atoms with Gasteiger partial charge < -0.3 is 66.3 Å². The Morgan fingerprint density at radius 3 is 1.09 bits per heavy atom. The molecule has 3 aliphatic heterocycles. The second-order valence-corrected chi connectivity index (χ2v) is 16.5. The predicted octanol–water partition coefficient (Wildman–Crippen LogP) is 0.936. The smallest absolute Gasteiger partial charge is 0.303 e. The van der Waals surface area contributed by atoms with E-state index in [1.807, 2.05) is 0 Å². The molecule has 3 saturated heterocycles. The topological polar surface area (TPSA) is 283 Å². The fraction of sp³-hybridized carbons (Fsp3) is 0.780. The third-order valence-corrected chi connectivity index (χ3v) is 9.83. The standard InChI is InChI=1S/C41H60O23/c1-17-27(14-51-18(2)42)61-39(36(58-25(9)49)30(17)54-21(5)45)63-33-31(55-22(6)46)28(15-52-19(3)43)60-38(41(11,12)13)35(33)64-40-37(59-26(10)50)34(57-24(8)48)32(56-23(7)47)29(62-40)16-53-20(4)44/h17,27-40H,14-16H2,1-13H3/t17-,27-,28-,29-,30+,31-,32-,33+,34+,35-,36-,37-,38-,39+,40+/m1/s1. The van der Waals surface area contributed by atoms with Crippen LogP contribution in [0.5, 0.6) is 0 Å². The average Bonchev–Trinajstić information content (AvgIpc) is 3.14. The van der Waals surface area contributed by atoms with Crippen LogP contribution in [0.15, 0.2) is 0 Å². The molecule has 0 aromatic heterocycles. The number of hydrogen-bond acceptors (Lipinski definition) is 23. The monoisotopic (exact) mass is 920 g/mol. The Labute approximate surface area is 369 Å². The highest BCUT2D eigenvalue weighted by atomic mass is 16.8. The summed E-state index contributed by atoms with van der Waals surface area (Å²) in [6.45, 7) is 15.0. The maximum Gasteiger partial charge on any atom is 0.303 e. The van der Waals surface area contributed by atoms with Crippen LogP contribution < -0.4 is 0 Å². The molecule has 23 heteroatoms. The molecule has 0 aromatic rings. The summed E-state index contributed by atoms with van der Waals surface area (Å²) in [4.78, 5) is 112. The van der Waals surface area contributed by atoms with E-state index in [1.165, 1.54) is 0 Å². The first-order valence-corrected chi connectivity index (χ1v) is 20.4. The minimum atomic E-state index is -1.85. The summed E-state index contributed by atoms with van der Waals surface area (Å²) in [5.74, 6) is -8.29. The first-order valence-electron chi connectivity index (χ1n) is 20.4. The zero-order valence-electron chi connectivity index (χ0n) is 38.2. The van der Waals surface area contributed by atoms with Gasteiger partial charge >= 0.3 is 53.7 Å². The molecule has 0 radical (unpaired) electrons. The molecule has 0 N–H and O–H groups in total. The van der Waals surface area contributed by atoms with Crippen molar-refractivity contribution < 1.29 is 109 Å². The molecular weight excluding hydrogens is 860 g/mol. The Morgan fingerprint density at radius 2 is 0.688 bits per heavy atom. The van der Waals surface area contributed by atoms with Gasteiger partial charge in [-0.2, -0.15) is 0 Å². The minimum absolute atomic E-state index is 0.396. The van der Waals surface area contributed by atoms with E-state index in [4.69, 9.17) is 66.3 Å². The lowest BCUT2D eigenvalue weighted by Gasteiger charge is -2.53. The van der Waals surface area contributed by atoms with Crippen LogP contribution in [0.2, 0.25) is 0 Å². The Balaban J connectivity index is 2.38. The molecule has 0 amide bonds. The van der Waals surface area contributed by atoms with Crippen molar-refractivity contribution in [1.29, 1.82) is 0 Å². The van der Waals surface area contributed by atoms with Crippen LogP contribution in [0, 0.1) is 11.3 Å². The summed E-state index contributed by atoms with van der Waals surface area (Å²) in [6.07, 6.45) is -21.4. The molecule has 362 valence electrons. The molecule has 0 aliphatic carbocycles. The Morgan fingerprint density at radius 1 is 0.375 bits per heavy atom. The number of rotatable bonds is 16. The average molecular weight is 921 g/mol. The van der Waals surface area contributed by atoms with Gasteiger partial charge in [0, 0.05) is 68.2 Å². The highest BCUT2D eigenvalue weighted by Gasteiger charge is 2.60. The largest absolute Gasteiger partial charge is 0.463 e. The van der Waals surface area contributed by atoms with Crippen molar-refractivity contribution in [2.75, 3.05) is 19.8 Å². The molecule has 64 heavy (non-hydrogen) atoms. The Bertz CT molecular complexity index is 1710. The maximum atomic E-state index is 12.9. The van der Waals surface area contributed by atoms with E-state index >= 15 is 0 Å². The van der Waals surface area contributed by atoms with Gasteiger partial charge in [0.15, 0.2) is 43.1 Å². The summed E-state index contributed by atoms with van der Waals surface area (Å²) in [7, 11) is 0. The number of hydrogen-bond donors (Lipinski definition) is 0. The van der Waals surface area contributed by atoms with E-state index in [-0.39, 0.29) is 0 Å². The second kappa shape index (κ2) is 23.3. The molecular formula is C41H60O23. The van der Waals surface area contributed by atoms with Crippen LogP contribution >= 0.6 is 0 Å². The van der Waals surface area contributed by atoms with E-state index in [1.54, 1.807) is 27.7 Å². The normalized spacial score (nSPS) is 32.7. The van der Waals surface area contributed by atoms with E-state index in [9.17, 15) is 43.2 Å². The number of carbonyl (C=O) groups excluding carboxylic acids is 9. The molecule has 3 heterocycles. The minimum Gasteiger partial charge on any atom is -0.463 e. The molecule has 15 atom stereocenters. The Hall–Kier alpha value is -4.97. The number of carbonyl (C=O) groups is 9. The summed E-state index contributed by atoms with van der Waals surface area (Å²) >= 11 is 0. The van der Waals surface area contributed by atoms with Crippen molar-refractivity contribution in [3.8, 4) is 0 Å². The molecule has 3 fully saturated rings. The predicted molar refractivity (Wildman–Crippen MR) is 208 cm³/mol. The first-order chi connectivity index (χ1) is 29.7. The van der Waals surface area contributed by atoms with E-state index < -0.39 is 171 Å². The van der Waals surface area contributed by atoms with Gasteiger partial charge in [0.05, 0.1) is 6.10 Å². The Kier molecular flexibility index (Phi) is 19.4. The zero-order chi connectivity index (χ0) is 48.4. The van der Waals surface area contributed by atoms with E-state index in [0.717, 1.165) is 62.3 Å². The fourth-order valence-electron chi connectivity index (χ4n) is 7.41. The SMILES string of the molecule is CC(=O)OC[C@H]1O[C@@H](O[C@@H]2[C@@H](O[C@@H]3O[C@H](COC(C)=O)[C@@H](OC(C)=O)[C@H](OC(C)=O)[C@H]3OC(C)=O)[C@H](C(C)(C)C)O[C@H](COC(C)=O)[C@H]2OC(C)=O)[C@H](OC(C)=O)[C@@H](OC(C)=O)[C@@H]1C. The quantitative estimate of drug-likeness (QED) is 0.154. The van der Waals surface area contributed by atoms with E-state index in [0.29, 0.717) is 0 Å². The van der Waals surface area contributed by atoms with Crippen molar-refractivity contribution in [1.82, 2.24) is 0 Å². The third kappa shape index (κ3) is 15.3. The summed E-state index contributed by atoms with van der Waals surface area (Å²) in [6, 6.07) is 0. The van der Waals surface area contributed by atoms with Gasteiger partial charge in [-0.3, -0.25) is 43.2 Å². The zero-order valence-corrected chi connectivity index (χ0v) is 38.2. The fourth-order valence-corrected chi connectivity index (χ4v) is 7.41. The van der Waals surface area contributed by atoms with Gasteiger partial charge in [-0.1, -0.05) is 27.7 Å². The van der Waals surface area contributed by atoms with E-state index in [2.05, 4.69) is 0 Å². The van der Waals surface area contributed by atoms with Crippen molar-refractivity contribution >= 4 is 53.7 Å². The maximum absolute atomic E-state index is 12.9. The van der Waals surface area contributed by atoms with Gasteiger partial charge in [0.1, 0.15) is 56.4 Å². The summed E-state index contributed by atoms with van der Waals surface area (Å²) in [5, 5.41) is 0. The van der Waals surface area contributed by atoms with Crippen molar-refractivity contribution in [3.05, 3.63) is 0 Å².